The van der Waals surface area contributed by atoms with Crippen molar-refractivity contribution in [2.75, 3.05) is 25.5 Å². The van der Waals surface area contributed by atoms with E-state index in [0.717, 1.165) is 54.6 Å². The van der Waals surface area contributed by atoms with Gasteiger partial charge in [0.1, 0.15) is 0 Å². The summed E-state index contributed by atoms with van der Waals surface area (Å²) in [4.78, 5) is 19.0. The van der Waals surface area contributed by atoms with Gasteiger partial charge in [-0.2, -0.15) is 0 Å². The molecule has 0 bridgehead atoms. The first kappa shape index (κ1) is 20.0. The van der Waals surface area contributed by atoms with Crippen LogP contribution in [0.3, 0.4) is 0 Å². The van der Waals surface area contributed by atoms with E-state index in [4.69, 9.17) is 4.74 Å². The summed E-state index contributed by atoms with van der Waals surface area (Å²) in [6.07, 6.45) is 3.57. The summed E-state index contributed by atoms with van der Waals surface area (Å²) in [5.74, 6) is 0.541. The zero-order valence-corrected chi connectivity index (χ0v) is 17.0. The third kappa shape index (κ3) is 4.63. The predicted molar refractivity (Wildman–Crippen MR) is 117 cm³/mol. The highest BCUT2D eigenvalue weighted by Crippen LogP contribution is 2.32. The summed E-state index contributed by atoms with van der Waals surface area (Å²) in [6, 6.07) is 14.9. The minimum Gasteiger partial charge on any atom is -0.504 e. The number of carbonyl (C=O) groups is 1. The first-order chi connectivity index (χ1) is 14.6. The molecule has 3 aromatic rings. The Morgan fingerprint density at radius 2 is 1.97 bits per heavy atom. The summed E-state index contributed by atoms with van der Waals surface area (Å²) < 4.78 is 5.18. The third-order valence-electron chi connectivity index (χ3n) is 5.48. The van der Waals surface area contributed by atoms with Crippen LogP contribution in [0.4, 0.5) is 10.5 Å². The van der Waals surface area contributed by atoms with E-state index in [2.05, 4.69) is 20.5 Å². The fraction of sp³-hybridized carbons (Fsp3) is 0.304. The third-order valence-corrected chi connectivity index (χ3v) is 5.48. The lowest BCUT2D eigenvalue weighted by atomic mass is 10.0. The van der Waals surface area contributed by atoms with E-state index in [1.807, 2.05) is 36.4 Å². The Bertz CT molecular complexity index is 1020. The van der Waals surface area contributed by atoms with Gasteiger partial charge >= 0.3 is 6.03 Å². The SMILES string of the molecule is COc1cc2nccc(CN3CCC(NC(=O)Nc4ccccc4)CC3)c2cc1O. The highest BCUT2D eigenvalue weighted by molar-refractivity contribution is 5.89. The monoisotopic (exact) mass is 406 g/mol. The molecule has 0 saturated carbocycles. The number of phenolic OH excluding ortho intramolecular Hbond substituents is 1. The van der Waals surface area contributed by atoms with Gasteiger partial charge in [-0.3, -0.25) is 9.88 Å². The van der Waals surface area contributed by atoms with Gasteiger partial charge in [0.2, 0.25) is 0 Å². The van der Waals surface area contributed by atoms with Crippen molar-refractivity contribution in [2.24, 2.45) is 0 Å². The number of hydrogen-bond acceptors (Lipinski definition) is 5. The molecule has 3 N–H and O–H groups in total. The van der Waals surface area contributed by atoms with Crippen molar-refractivity contribution in [1.29, 1.82) is 0 Å². The number of likely N-dealkylation sites (tertiary alicyclic amines) is 1. The first-order valence-electron chi connectivity index (χ1n) is 10.1. The quantitative estimate of drug-likeness (QED) is 0.601. The molecule has 4 rings (SSSR count). The molecule has 0 radical (unpaired) electrons. The number of carbonyl (C=O) groups excluding carboxylic acids is 1. The van der Waals surface area contributed by atoms with Crippen LogP contribution in [0.1, 0.15) is 18.4 Å². The Balaban J connectivity index is 1.34. The zero-order chi connectivity index (χ0) is 20.9. The molecule has 2 amide bonds. The summed E-state index contributed by atoms with van der Waals surface area (Å²) >= 11 is 0. The van der Waals surface area contributed by atoms with Crippen molar-refractivity contribution in [1.82, 2.24) is 15.2 Å². The number of para-hydroxylation sites is 1. The molecular formula is C23H26N4O3. The number of methoxy groups -OCH3 is 1. The number of aromatic hydroxyl groups is 1. The normalized spacial score (nSPS) is 15.1. The Kier molecular flexibility index (Phi) is 5.99. The first-order valence-corrected chi connectivity index (χ1v) is 10.1. The number of amides is 2. The molecule has 0 spiro atoms. The van der Waals surface area contributed by atoms with E-state index in [0.29, 0.717) is 5.75 Å². The Morgan fingerprint density at radius 1 is 1.20 bits per heavy atom. The Morgan fingerprint density at radius 3 is 2.70 bits per heavy atom. The number of hydrogen-bond donors (Lipinski definition) is 3. The minimum absolute atomic E-state index is 0.117. The second-order valence-electron chi connectivity index (χ2n) is 7.53. The average molecular weight is 406 g/mol. The molecule has 30 heavy (non-hydrogen) atoms. The second-order valence-corrected chi connectivity index (χ2v) is 7.53. The zero-order valence-electron chi connectivity index (χ0n) is 17.0. The van der Waals surface area contributed by atoms with Gasteiger partial charge in [0.05, 0.1) is 12.6 Å². The number of ether oxygens (including phenoxy) is 1. The number of urea groups is 1. The van der Waals surface area contributed by atoms with Crippen molar-refractivity contribution >= 4 is 22.6 Å². The number of anilines is 1. The van der Waals surface area contributed by atoms with E-state index in [1.165, 1.54) is 7.11 Å². The maximum absolute atomic E-state index is 12.2. The van der Waals surface area contributed by atoms with E-state index < -0.39 is 0 Å². The molecule has 1 fully saturated rings. The molecule has 0 unspecified atom stereocenters. The number of piperidine rings is 1. The highest BCUT2D eigenvalue weighted by atomic mass is 16.5. The Hall–Kier alpha value is -3.32. The van der Waals surface area contributed by atoms with Crippen LogP contribution in [0, 0.1) is 0 Å². The molecular weight excluding hydrogens is 380 g/mol. The largest absolute Gasteiger partial charge is 0.504 e. The lowest BCUT2D eigenvalue weighted by Gasteiger charge is -2.32. The van der Waals surface area contributed by atoms with Crippen LogP contribution < -0.4 is 15.4 Å². The van der Waals surface area contributed by atoms with E-state index in [9.17, 15) is 9.90 Å². The van der Waals surface area contributed by atoms with Gasteiger partial charge in [-0.05, 0) is 42.7 Å². The van der Waals surface area contributed by atoms with Gasteiger partial charge in [-0.15, -0.1) is 0 Å². The van der Waals surface area contributed by atoms with Crippen molar-refractivity contribution < 1.29 is 14.6 Å². The fourth-order valence-electron chi connectivity index (χ4n) is 3.87. The molecule has 1 aliphatic rings. The van der Waals surface area contributed by atoms with Crippen LogP contribution in [0.2, 0.25) is 0 Å². The number of phenols is 1. The molecule has 1 saturated heterocycles. The number of nitrogens with zero attached hydrogens (tertiary/aromatic N) is 2. The van der Waals surface area contributed by atoms with Gasteiger partial charge in [0.15, 0.2) is 11.5 Å². The lowest BCUT2D eigenvalue weighted by molar-refractivity contribution is 0.190. The molecule has 7 heteroatoms. The fourth-order valence-corrected chi connectivity index (χ4v) is 3.87. The summed E-state index contributed by atoms with van der Waals surface area (Å²) in [6.45, 7) is 2.55. The van der Waals surface area contributed by atoms with Crippen LogP contribution in [-0.2, 0) is 6.54 Å². The number of aromatic nitrogens is 1. The second kappa shape index (κ2) is 9.00. The molecule has 0 atom stereocenters. The molecule has 1 aromatic heterocycles. The van der Waals surface area contributed by atoms with Gasteiger partial charge in [0, 0.05) is 49.0 Å². The number of nitrogens with one attached hydrogen (secondary N) is 2. The molecule has 1 aliphatic heterocycles. The molecule has 7 nitrogen and oxygen atoms in total. The topological polar surface area (TPSA) is 86.7 Å². The van der Waals surface area contributed by atoms with Gasteiger partial charge in [-0.1, -0.05) is 18.2 Å². The molecule has 156 valence electrons. The van der Waals surface area contributed by atoms with Crippen LogP contribution >= 0.6 is 0 Å². The van der Waals surface area contributed by atoms with Crippen LogP contribution in [-0.4, -0.2) is 47.3 Å². The predicted octanol–water partition coefficient (Wildman–Crippen LogP) is 3.74. The summed E-state index contributed by atoms with van der Waals surface area (Å²) in [5, 5.41) is 17.0. The Labute approximate surface area is 175 Å². The maximum Gasteiger partial charge on any atom is 0.319 e. The summed E-state index contributed by atoms with van der Waals surface area (Å²) in [7, 11) is 1.53. The number of pyridine rings is 1. The van der Waals surface area contributed by atoms with Crippen molar-refractivity contribution in [3.8, 4) is 11.5 Å². The number of benzene rings is 2. The average Bonchev–Trinajstić information content (AvgIpc) is 2.76. The minimum atomic E-state index is -0.163. The van der Waals surface area contributed by atoms with Crippen molar-refractivity contribution in [3.63, 3.8) is 0 Å². The lowest BCUT2D eigenvalue weighted by Crippen LogP contribution is -2.45. The smallest absolute Gasteiger partial charge is 0.319 e. The van der Waals surface area contributed by atoms with Crippen LogP contribution in [0.5, 0.6) is 11.5 Å². The van der Waals surface area contributed by atoms with Gasteiger partial charge in [-0.25, -0.2) is 4.79 Å². The highest BCUT2D eigenvalue weighted by Gasteiger charge is 2.21. The standard InChI is InChI=1S/C23H26N4O3/c1-30-22-14-20-19(13-21(22)28)16(7-10-24-20)15-27-11-8-18(9-12-27)26-23(29)25-17-5-3-2-4-6-17/h2-7,10,13-14,18,28H,8-9,11-12,15H2,1H3,(H2,25,26,29). The van der Waals surface area contributed by atoms with Gasteiger partial charge < -0.3 is 20.5 Å². The van der Waals surface area contributed by atoms with Crippen molar-refractivity contribution in [3.05, 3.63) is 60.3 Å². The maximum atomic E-state index is 12.2. The molecule has 2 aromatic carbocycles. The van der Waals surface area contributed by atoms with Crippen LogP contribution in [0.15, 0.2) is 54.7 Å². The molecule has 2 heterocycles. The molecule has 0 aliphatic carbocycles. The van der Waals surface area contributed by atoms with Crippen molar-refractivity contribution in [2.45, 2.75) is 25.4 Å². The van der Waals surface area contributed by atoms with E-state index >= 15 is 0 Å². The summed E-state index contributed by atoms with van der Waals surface area (Å²) in [5.41, 5.74) is 2.71. The van der Waals surface area contributed by atoms with E-state index in [1.54, 1.807) is 18.3 Å². The number of rotatable bonds is 5. The number of fused-ring (bicyclic) bond motifs is 1. The van der Waals surface area contributed by atoms with E-state index in [-0.39, 0.29) is 17.8 Å². The van der Waals surface area contributed by atoms with Crippen LogP contribution in [0.25, 0.3) is 10.9 Å². The van der Waals surface area contributed by atoms with Gasteiger partial charge in [0.25, 0.3) is 0 Å².